The molecular formula is C11H14N3+. The third-order valence-corrected chi connectivity index (χ3v) is 2.10. The van der Waals surface area contributed by atoms with Crippen LogP contribution in [0.15, 0.2) is 42.7 Å². The van der Waals surface area contributed by atoms with Crippen molar-refractivity contribution in [2.45, 2.75) is 6.54 Å². The molecular weight excluding hydrogens is 174 g/mol. The van der Waals surface area contributed by atoms with E-state index in [1.165, 1.54) is 5.56 Å². The molecule has 0 saturated carbocycles. The first-order valence-corrected chi connectivity index (χ1v) is 4.77. The Bertz CT molecular complexity index is 392. The number of hydrogen-bond acceptors (Lipinski definition) is 1. The van der Waals surface area contributed by atoms with E-state index in [1.807, 2.05) is 41.2 Å². The van der Waals surface area contributed by atoms with Crippen molar-refractivity contribution in [3.63, 3.8) is 0 Å². The lowest BCUT2D eigenvalue weighted by atomic mass is 10.3. The molecule has 0 aliphatic carbocycles. The van der Waals surface area contributed by atoms with E-state index in [1.54, 1.807) is 0 Å². The van der Waals surface area contributed by atoms with Crippen molar-refractivity contribution in [2.75, 3.05) is 7.05 Å². The maximum absolute atomic E-state index is 4.30. The van der Waals surface area contributed by atoms with E-state index in [9.17, 15) is 0 Å². The summed E-state index contributed by atoms with van der Waals surface area (Å²) >= 11 is 0. The van der Waals surface area contributed by atoms with E-state index in [-0.39, 0.29) is 0 Å². The SMILES string of the molecule is C[NH2+]Cc1cnn(-c2ccccc2)c1. The van der Waals surface area contributed by atoms with Gasteiger partial charge in [-0.2, -0.15) is 5.10 Å². The van der Waals surface area contributed by atoms with Crippen LogP contribution in [0, 0.1) is 0 Å². The van der Waals surface area contributed by atoms with Crippen LogP contribution in [0.3, 0.4) is 0 Å². The number of benzene rings is 1. The highest BCUT2D eigenvalue weighted by molar-refractivity contribution is 5.30. The molecule has 0 unspecified atom stereocenters. The molecule has 0 fully saturated rings. The number of rotatable bonds is 3. The fourth-order valence-electron chi connectivity index (χ4n) is 1.42. The number of aromatic nitrogens is 2. The zero-order chi connectivity index (χ0) is 9.80. The minimum absolute atomic E-state index is 0.979. The summed E-state index contributed by atoms with van der Waals surface area (Å²) in [5, 5.41) is 6.43. The minimum Gasteiger partial charge on any atom is -0.345 e. The smallest absolute Gasteiger partial charge is 0.104 e. The van der Waals surface area contributed by atoms with Crippen LogP contribution in [-0.4, -0.2) is 16.8 Å². The van der Waals surface area contributed by atoms with E-state index in [4.69, 9.17) is 0 Å². The average Bonchev–Trinajstić information content (AvgIpc) is 2.68. The minimum atomic E-state index is 0.979. The molecule has 14 heavy (non-hydrogen) atoms. The van der Waals surface area contributed by atoms with E-state index < -0.39 is 0 Å². The second-order valence-electron chi connectivity index (χ2n) is 3.24. The third-order valence-electron chi connectivity index (χ3n) is 2.10. The zero-order valence-corrected chi connectivity index (χ0v) is 8.22. The molecule has 2 rings (SSSR count). The normalized spacial score (nSPS) is 10.4. The second kappa shape index (κ2) is 4.07. The van der Waals surface area contributed by atoms with Crippen molar-refractivity contribution in [3.05, 3.63) is 48.3 Å². The fourth-order valence-corrected chi connectivity index (χ4v) is 1.42. The average molecular weight is 188 g/mol. The van der Waals surface area contributed by atoms with Gasteiger partial charge in [0.25, 0.3) is 0 Å². The molecule has 1 heterocycles. The molecule has 72 valence electrons. The standard InChI is InChI=1S/C11H13N3/c1-12-7-10-8-13-14(9-10)11-5-3-2-4-6-11/h2-6,8-9,12H,7H2,1H3/p+1. The van der Waals surface area contributed by atoms with E-state index in [0.29, 0.717) is 0 Å². The molecule has 2 N–H and O–H groups in total. The largest absolute Gasteiger partial charge is 0.345 e. The summed E-state index contributed by atoms with van der Waals surface area (Å²) in [5.74, 6) is 0. The van der Waals surface area contributed by atoms with Gasteiger partial charge in [-0.15, -0.1) is 0 Å². The topological polar surface area (TPSA) is 34.4 Å². The molecule has 3 nitrogen and oxygen atoms in total. The summed E-state index contributed by atoms with van der Waals surface area (Å²) in [6.45, 7) is 0.979. The lowest BCUT2D eigenvalue weighted by Crippen LogP contribution is -2.77. The van der Waals surface area contributed by atoms with Gasteiger partial charge >= 0.3 is 0 Å². The molecule has 0 saturated heterocycles. The van der Waals surface area contributed by atoms with Crippen molar-refractivity contribution in [1.29, 1.82) is 0 Å². The zero-order valence-electron chi connectivity index (χ0n) is 8.22. The van der Waals surface area contributed by atoms with Crippen molar-refractivity contribution in [2.24, 2.45) is 0 Å². The highest BCUT2D eigenvalue weighted by atomic mass is 15.3. The Morgan fingerprint density at radius 2 is 2.07 bits per heavy atom. The van der Waals surface area contributed by atoms with Crippen LogP contribution < -0.4 is 5.32 Å². The number of quaternary nitrogens is 1. The van der Waals surface area contributed by atoms with Gasteiger partial charge in [0.15, 0.2) is 0 Å². The van der Waals surface area contributed by atoms with Crippen molar-refractivity contribution >= 4 is 0 Å². The predicted octanol–water partition coefficient (Wildman–Crippen LogP) is 0.565. The van der Waals surface area contributed by atoms with Crippen LogP contribution in [-0.2, 0) is 6.54 Å². The molecule has 1 aromatic heterocycles. The van der Waals surface area contributed by atoms with Gasteiger partial charge in [0.2, 0.25) is 0 Å². The van der Waals surface area contributed by atoms with Crippen LogP contribution in [0.4, 0.5) is 0 Å². The van der Waals surface area contributed by atoms with Gasteiger partial charge in [-0.05, 0) is 12.1 Å². The summed E-state index contributed by atoms with van der Waals surface area (Å²) in [4.78, 5) is 0. The Hall–Kier alpha value is -1.61. The van der Waals surface area contributed by atoms with Crippen LogP contribution in [0.25, 0.3) is 5.69 Å². The van der Waals surface area contributed by atoms with Crippen LogP contribution in [0.1, 0.15) is 5.56 Å². The predicted molar refractivity (Wildman–Crippen MR) is 55.1 cm³/mol. The number of para-hydroxylation sites is 1. The Kier molecular flexibility index (Phi) is 2.60. The Morgan fingerprint density at radius 1 is 1.29 bits per heavy atom. The van der Waals surface area contributed by atoms with Crippen molar-refractivity contribution in [3.8, 4) is 5.69 Å². The molecule has 0 aliphatic heterocycles. The Morgan fingerprint density at radius 3 is 2.79 bits per heavy atom. The van der Waals surface area contributed by atoms with E-state index in [2.05, 4.69) is 23.7 Å². The lowest BCUT2D eigenvalue weighted by Gasteiger charge is -1.98. The first-order chi connectivity index (χ1) is 6.90. The maximum atomic E-state index is 4.30. The summed E-state index contributed by atoms with van der Waals surface area (Å²) in [6, 6.07) is 10.1. The molecule has 0 atom stereocenters. The summed E-state index contributed by atoms with van der Waals surface area (Å²) in [6.07, 6.45) is 3.97. The first kappa shape index (κ1) is 8.97. The van der Waals surface area contributed by atoms with Crippen LogP contribution in [0.5, 0.6) is 0 Å². The fraction of sp³-hybridized carbons (Fsp3) is 0.182. The molecule has 0 radical (unpaired) electrons. The highest BCUT2D eigenvalue weighted by Crippen LogP contribution is 2.06. The third kappa shape index (κ3) is 1.83. The molecule has 0 bridgehead atoms. The van der Waals surface area contributed by atoms with Gasteiger partial charge in [0.05, 0.1) is 18.9 Å². The summed E-state index contributed by atoms with van der Waals surface area (Å²) in [7, 11) is 2.06. The number of hydrogen-bond donors (Lipinski definition) is 1. The van der Waals surface area contributed by atoms with Gasteiger partial charge in [-0.1, -0.05) is 18.2 Å². The molecule has 0 spiro atoms. The first-order valence-electron chi connectivity index (χ1n) is 4.77. The molecule has 3 heteroatoms. The Balaban J connectivity index is 2.25. The van der Waals surface area contributed by atoms with Gasteiger partial charge in [-0.3, -0.25) is 0 Å². The Labute approximate surface area is 83.4 Å². The number of nitrogens with two attached hydrogens (primary N) is 1. The van der Waals surface area contributed by atoms with E-state index in [0.717, 1.165) is 12.2 Å². The van der Waals surface area contributed by atoms with Crippen LogP contribution in [0.2, 0.25) is 0 Å². The number of nitrogens with zero attached hydrogens (tertiary/aromatic N) is 2. The van der Waals surface area contributed by atoms with Gasteiger partial charge in [-0.25, -0.2) is 4.68 Å². The molecule has 0 amide bonds. The molecule has 2 aromatic rings. The van der Waals surface area contributed by atoms with E-state index >= 15 is 0 Å². The van der Waals surface area contributed by atoms with Gasteiger partial charge < -0.3 is 5.32 Å². The second-order valence-corrected chi connectivity index (χ2v) is 3.24. The van der Waals surface area contributed by atoms with Gasteiger partial charge in [0, 0.05) is 11.8 Å². The summed E-state index contributed by atoms with van der Waals surface area (Å²) < 4.78 is 1.90. The van der Waals surface area contributed by atoms with Gasteiger partial charge in [0.1, 0.15) is 6.54 Å². The quantitative estimate of drug-likeness (QED) is 0.750. The molecule has 0 aliphatic rings. The highest BCUT2D eigenvalue weighted by Gasteiger charge is 1.99. The molecule has 1 aromatic carbocycles. The lowest BCUT2D eigenvalue weighted by molar-refractivity contribution is -0.643. The van der Waals surface area contributed by atoms with Crippen molar-refractivity contribution in [1.82, 2.24) is 9.78 Å². The summed E-state index contributed by atoms with van der Waals surface area (Å²) in [5.41, 5.74) is 2.35. The monoisotopic (exact) mass is 188 g/mol. The van der Waals surface area contributed by atoms with Crippen molar-refractivity contribution < 1.29 is 5.32 Å². The van der Waals surface area contributed by atoms with Crippen LogP contribution >= 0.6 is 0 Å². The maximum Gasteiger partial charge on any atom is 0.104 e.